The molecule has 0 spiro atoms. The molecule has 1 aromatic rings. The van der Waals surface area contributed by atoms with E-state index in [0.29, 0.717) is 6.61 Å². The number of nitrogens with one attached hydrogen (secondary N) is 2. The second-order valence-electron chi connectivity index (χ2n) is 5.65. The second kappa shape index (κ2) is 6.37. The Balaban J connectivity index is 2.13. The Morgan fingerprint density at radius 1 is 1.45 bits per heavy atom. The van der Waals surface area contributed by atoms with Gasteiger partial charge < -0.3 is 15.4 Å². The summed E-state index contributed by atoms with van der Waals surface area (Å²) in [5, 5.41) is 6.27. The summed E-state index contributed by atoms with van der Waals surface area (Å²) < 4.78 is 5.58. The van der Waals surface area contributed by atoms with Crippen LogP contribution in [0.15, 0.2) is 24.3 Å². The van der Waals surface area contributed by atoms with Crippen molar-refractivity contribution in [3.05, 3.63) is 35.4 Å². The maximum absolute atomic E-state index is 12.5. The van der Waals surface area contributed by atoms with Crippen LogP contribution >= 0.6 is 0 Å². The third-order valence-electron chi connectivity index (χ3n) is 4.19. The van der Waals surface area contributed by atoms with E-state index in [9.17, 15) is 4.79 Å². The standard InChI is InChI=1S/C16H24N2O2/c1-12-16(2,9-11-20-12)18-15(19)14-7-5-4-6-13(14)8-10-17-3/h4-7,12,17H,8-11H2,1-3H3,(H,18,19). The van der Waals surface area contributed by atoms with Gasteiger partial charge in [0.2, 0.25) is 0 Å². The molecule has 20 heavy (non-hydrogen) atoms. The van der Waals surface area contributed by atoms with Crippen LogP contribution in [0.25, 0.3) is 0 Å². The predicted octanol–water partition coefficient (Wildman–Crippen LogP) is 1.75. The number of amides is 1. The number of likely N-dealkylation sites (N-methyl/N-ethyl adjacent to an activating group) is 1. The van der Waals surface area contributed by atoms with E-state index in [-0.39, 0.29) is 17.6 Å². The van der Waals surface area contributed by atoms with E-state index in [2.05, 4.69) is 17.6 Å². The zero-order chi connectivity index (χ0) is 14.6. The molecule has 0 radical (unpaired) electrons. The summed E-state index contributed by atoms with van der Waals surface area (Å²) in [6.45, 7) is 5.64. The third kappa shape index (κ3) is 3.19. The Kier molecular flexibility index (Phi) is 4.78. The molecule has 1 fully saturated rings. The molecule has 2 rings (SSSR count). The Labute approximate surface area is 120 Å². The van der Waals surface area contributed by atoms with E-state index < -0.39 is 0 Å². The number of benzene rings is 1. The van der Waals surface area contributed by atoms with Crippen molar-refractivity contribution in [2.75, 3.05) is 20.2 Å². The van der Waals surface area contributed by atoms with Gasteiger partial charge in [-0.05, 0) is 51.9 Å². The molecule has 4 heteroatoms. The highest BCUT2D eigenvalue weighted by molar-refractivity contribution is 5.96. The third-order valence-corrected chi connectivity index (χ3v) is 4.19. The van der Waals surface area contributed by atoms with E-state index in [1.165, 1.54) is 0 Å². The van der Waals surface area contributed by atoms with Crippen molar-refractivity contribution in [2.45, 2.75) is 38.3 Å². The lowest BCUT2D eigenvalue weighted by Gasteiger charge is -2.29. The fourth-order valence-electron chi connectivity index (χ4n) is 2.55. The lowest BCUT2D eigenvalue weighted by atomic mass is 9.93. The molecule has 1 aliphatic rings. The minimum atomic E-state index is -0.271. The van der Waals surface area contributed by atoms with Crippen LogP contribution in [0.4, 0.5) is 0 Å². The molecule has 110 valence electrons. The Bertz CT molecular complexity index is 475. The zero-order valence-electron chi connectivity index (χ0n) is 12.5. The molecule has 2 unspecified atom stereocenters. The molecule has 0 aliphatic carbocycles. The van der Waals surface area contributed by atoms with Gasteiger partial charge in [0.25, 0.3) is 5.91 Å². The van der Waals surface area contributed by atoms with Crippen LogP contribution in [0.5, 0.6) is 0 Å². The van der Waals surface area contributed by atoms with Crippen molar-refractivity contribution in [3.63, 3.8) is 0 Å². The largest absolute Gasteiger partial charge is 0.376 e. The van der Waals surface area contributed by atoms with Crippen LogP contribution in [-0.2, 0) is 11.2 Å². The minimum Gasteiger partial charge on any atom is -0.376 e. The van der Waals surface area contributed by atoms with Crippen LogP contribution in [0.1, 0.15) is 36.2 Å². The molecule has 0 saturated carbocycles. The monoisotopic (exact) mass is 276 g/mol. The maximum Gasteiger partial charge on any atom is 0.252 e. The van der Waals surface area contributed by atoms with Gasteiger partial charge in [0, 0.05) is 12.2 Å². The van der Waals surface area contributed by atoms with E-state index in [1.54, 1.807) is 0 Å². The first-order valence-electron chi connectivity index (χ1n) is 7.23. The molecule has 2 atom stereocenters. The number of rotatable bonds is 5. The van der Waals surface area contributed by atoms with Crippen molar-refractivity contribution in [1.29, 1.82) is 0 Å². The summed E-state index contributed by atoms with van der Waals surface area (Å²) >= 11 is 0. The van der Waals surface area contributed by atoms with E-state index in [0.717, 1.165) is 30.5 Å². The van der Waals surface area contributed by atoms with Crippen LogP contribution < -0.4 is 10.6 Å². The van der Waals surface area contributed by atoms with E-state index in [4.69, 9.17) is 4.74 Å². The topological polar surface area (TPSA) is 50.4 Å². The van der Waals surface area contributed by atoms with Crippen molar-refractivity contribution < 1.29 is 9.53 Å². The van der Waals surface area contributed by atoms with Crippen LogP contribution in [0.2, 0.25) is 0 Å². The molecule has 1 saturated heterocycles. The van der Waals surface area contributed by atoms with E-state index >= 15 is 0 Å². The number of ether oxygens (including phenoxy) is 1. The number of hydrogen-bond acceptors (Lipinski definition) is 3. The van der Waals surface area contributed by atoms with Crippen molar-refractivity contribution in [3.8, 4) is 0 Å². The Morgan fingerprint density at radius 3 is 2.85 bits per heavy atom. The predicted molar refractivity (Wildman–Crippen MR) is 80.0 cm³/mol. The summed E-state index contributed by atoms with van der Waals surface area (Å²) in [6, 6.07) is 7.80. The molecule has 1 amide bonds. The quantitative estimate of drug-likeness (QED) is 0.861. The van der Waals surface area contributed by atoms with Crippen molar-refractivity contribution in [2.24, 2.45) is 0 Å². The molecule has 1 aromatic carbocycles. The Morgan fingerprint density at radius 2 is 2.20 bits per heavy atom. The number of carbonyl (C=O) groups is 1. The molecule has 0 bridgehead atoms. The lowest BCUT2D eigenvalue weighted by Crippen LogP contribution is -2.50. The summed E-state index contributed by atoms with van der Waals surface area (Å²) in [6.07, 6.45) is 1.76. The highest BCUT2D eigenvalue weighted by Gasteiger charge is 2.38. The Hall–Kier alpha value is -1.39. The molecular weight excluding hydrogens is 252 g/mol. The normalized spacial score (nSPS) is 25.6. The molecule has 1 heterocycles. The van der Waals surface area contributed by atoms with Gasteiger partial charge in [0.05, 0.1) is 11.6 Å². The summed E-state index contributed by atoms with van der Waals surface area (Å²) in [7, 11) is 1.92. The van der Waals surface area contributed by atoms with E-state index in [1.807, 2.05) is 38.2 Å². The zero-order valence-corrected chi connectivity index (χ0v) is 12.5. The number of hydrogen-bond donors (Lipinski definition) is 2. The van der Waals surface area contributed by atoms with Crippen LogP contribution in [0.3, 0.4) is 0 Å². The van der Waals surface area contributed by atoms with Crippen molar-refractivity contribution in [1.82, 2.24) is 10.6 Å². The maximum atomic E-state index is 12.5. The van der Waals surface area contributed by atoms with Gasteiger partial charge in [0.15, 0.2) is 0 Å². The summed E-state index contributed by atoms with van der Waals surface area (Å²) in [5.74, 6) is -0.00319. The molecule has 0 aromatic heterocycles. The summed E-state index contributed by atoms with van der Waals surface area (Å²) in [5.41, 5.74) is 1.57. The van der Waals surface area contributed by atoms with Gasteiger partial charge in [-0.15, -0.1) is 0 Å². The van der Waals surface area contributed by atoms with Gasteiger partial charge in [0.1, 0.15) is 0 Å². The SMILES string of the molecule is CNCCc1ccccc1C(=O)NC1(C)CCOC1C. The molecule has 4 nitrogen and oxygen atoms in total. The van der Waals surface area contributed by atoms with Gasteiger partial charge in [-0.25, -0.2) is 0 Å². The van der Waals surface area contributed by atoms with Gasteiger partial charge in [-0.3, -0.25) is 4.79 Å². The second-order valence-corrected chi connectivity index (χ2v) is 5.65. The smallest absolute Gasteiger partial charge is 0.252 e. The van der Waals surface area contributed by atoms with Crippen LogP contribution in [-0.4, -0.2) is 37.7 Å². The van der Waals surface area contributed by atoms with Crippen molar-refractivity contribution >= 4 is 5.91 Å². The number of carbonyl (C=O) groups excluding carboxylic acids is 1. The van der Waals surface area contributed by atoms with Gasteiger partial charge in [-0.1, -0.05) is 18.2 Å². The fraction of sp³-hybridized carbons (Fsp3) is 0.562. The van der Waals surface area contributed by atoms with Gasteiger partial charge >= 0.3 is 0 Å². The lowest BCUT2D eigenvalue weighted by molar-refractivity contribution is 0.0727. The average Bonchev–Trinajstić information content (AvgIpc) is 2.76. The van der Waals surface area contributed by atoms with Gasteiger partial charge in [-0.2, -0.15) is 0 Å². The minimum absolute atomic E-state index is 0.00319. The molecular formula is C16H24N2O2. The highest BCUT2D eigenvalue weighted by Crippen LogP contribution is 2.25. The fourth-order valence-corrected chi connectivity index (χ4v) is 2.55. The first-order chi connectivity index (χ1) is 9.57. The first-order valence-corrected chi connectivity index (χ1v) is 7.23. The summed E-state index contributed by atoms with van der Waals surface area (Å²) in [4.78, 5) is 12.5. The highest BCUT2D eigenvalue weighted by atomic mass is 16.5. The molecule has 2 N–H and O–H groups in total. The van der Waals surface area contributed by atoms with Crippen LogP contribution in [0, 0.1) is 0 Å². The average molecular weight is 276 g/mol. The first kappa shape index (κ1) is 15.0. The molecule has 1 aliphatic heterocycles.